The van der Waals surface area contributed by atoms with E-state index < -0.39 is 0 Å². The highest BCUT2D eigenvalue weighted by Gasteiger charge is 2.20. The average Bonchev–Trinajstić information content (AvgIpc) is 2.84. The van der Waals surface area contributed by atoms with Crippen LogP contribution < -0.4 is 4.74 Å². The molecule has 0 heterocycles. The third-order valence-corrected chi connectivity index (χ3v) is 4.14. The predicted octanol–water partition coefficient (Wildman–Crippen LogP) is 5.16. The lowest BCUT2D eigenvalue weighted by molar-refractivity contribution is 0.414. The third-order valence-electron chi connectivity index (χ3n) is 3.40. The highest BCUT2D eigenvalue weighted by molar-refractivity contribution is 6.42. The van der Waals surface area contributed by atoms with Crippen molar-refractivity contribution in [2.75, 3.05) is 7.11 Å². The summed E-state index contributed by atoms with van der Waals surface area (Å²) in [5.74, 6) is 1.11. The first kappa shape index (κ1) is 12.6. The molecule has 3 heteroatoms. The van der Waals surface area contributed by atoms with E-state index in [9.17, 15) is 0 Å². The third kappa shape index (κ3) is 2.24. The fourth-order valence-electron chi connectivity index (χ4n) is 2.41. The topological polar surface area (TPSA) is 9.23 Å². The molecule has 1 aliphatic carbocycles. The molecule has 0 N–H and O–H groups in total. The zero-order valence-electron chi connectivity index (χ0n) is 10.4. The summed E-state index contributed by atoms with van der Waals surface area (Å²) in [6, 6.07) is 11.9. The van der Waals surface area contributed by atoms with Gasteiger partial charge in [-0.3, -0.25) is 0 Å². The summed E-state index contributed by atoms with van der Waals surface area (Å²) >= 11 is 12.1. The maximum absolute atomic E-state index is 6.09. The number of hydrogen-bond donors (Lipinski definition) is 0. The van der Waals surface area contributed by atoms with Crippen LogP contribution in [0.5, 0.6) is 5.75 Å². The molecule has 19 heavy (non-hydrogen) atoms. The quantitative estimate of drug-likeness (QED) is 0.742. The highest BCUT2D eigenvalue weighted by atomic mass is 35.5. The van der Waals surface area contributed by atoms with Crippen LogP contribution in [0.3, 0.4) is 0 Å². The van der Waals surface area contributed by atoms with Crippen molar-refractivity contribution in [1.29, 1.82) is 0 Å². The van der Waals surface area contributed by atoms with Gasteiger partial charge in [-0.05, 0) is 41.0 Å². The molecule has 1 unspecified atom stereocenters. The van der Waals surface area contributed by atoms with E-state index >= 15 is 0 Å². The van der Waals surface area contributed by atoms with Crippen molar-refractivity contribution in [1.82, 2.24) is 0 Å². The molecular weight excluding hydrogens is 279 g/mol. The van der Waals surface area contributed by atoms with E-state index in [-0.39, 0.29) is 5.92 Å². The van der Waals surface area contributed by atoms with Gasteiger partial charge >= 0.3 is 0 Å². The van der Waals surface area contributed by atoms with Crippen LogP contribution in [0.4, 0.5) is 0 Å². The van der Waals surface area contributed by atoms with E-state index in [2.05, 4.69) is 18.2 Å². The zero-order chi connectivity index (χ0) is 13.4. The SMILES string of the molecule is COc1ccc2c(c1)C=CC2c1ccc(Cl)c(Cl)c1. The molecule has 0 aliphatic heterocycles. The van der Waals surface area contributed by atoms with Gasteiger partial charge in [0.2, 0.25) is 0 Å². The van der Waals surface area contributed by atoms with Crippen LogP contribution in [0, 0.1) is 0 Å². The molecule has 0 saturated carbocycles. The maximum atomic E-state index is 6.09. The molecule has 96 valence electrons. The Hall–Kier alpha value is -1.44. The number of fused-ring (bicyclic) bond motifs is 1. The van der Waals surface area contributed by atoms with Crippen molar-refractivity contribution >= 4 is 29.3 Å². The van der Waals surface area contributed by atoms with Crippen LogP contribution in [0.25, 0.3) is 6.08 Å². The van der Waals surface area contributed by atoms with Gasteiger partial charge < -0.3 is 4.74 Å². The zero-order valence-corrected chi connectivity index (χ0v) is 11.9. The fourth-order valence-corrected chi connectivity index (χ4v) is 2.71. The summed E-state index contributed by atoms with van der Waals surface area (Å²) < 4.78 is 5.24. The normalized spacial score (nSPS) is 16.5. The summed E-state index contributed by atoms with van der Waals surface area (Å²) in [5.41, 5.74) is 3.60. The van der Waals surface area contributed by atoms with Crippen LogP contribution in [-0.2, 0) is 0 Å². The van der Waals surface area contributed by atoms with Crippen LogP contribution in [0.15, 0.2) is 42.5 Å². The molecule has 2 aromatic rings. The van der Waals surface area contributed by atoms with E-state index in [1.54, 1.807) is 7.11 Å². The van der Waals surface area contributed by atoms with Gasteiger partial charge in [-0.1, -0.05) is 47.5 Å². The van der Waals surface area contributed by atoms with E-state index in [0.717, 1.165) is 11.3 Å². The number of hydrogen-bond acceptors (Lipinski definition) is 1. The Labute approximate surface area is 122 Å². The summed E-state index contributed by atoms with van der Waals surface area (Å²) in [7, 11) is 1.68. The molecule has 0 bridgehead atoms. The number of benzene rings is 2. The van der Waals surface area contributed by atoms with Gasteiger partial charge in [-0.25, -0.2) is 0 Å². The molecule has 0 amide bonds. The van der Waals surface area contributed by atoms with E-state index in [1.807, 2.05) is 30.3 Å². The first-order valence-electron chi connectivity index (χ1n) is 6.00. The lowest BCUT2D eigenvalue weighted by atomic mass is 9.93. The molecule has 0 aromatic heterocycles. The monoisotopic (exact) mass is 290 g/mol. The number of ether oxygens (including phenoxy) is 1. The highest BCUT2D eigenvalue weighted by Crippen LogP contribution is 2.38. The average molecular weight is 291 g/mol. The van der Waals surface area contributed by atoms with E-state index in [1.165, 1.54) is 11.1 Å². The number of allylic oxidation sites excluding steroid dienone is 1. The Bertz CT molecular complexity index is 662. The Morgan fingerprint density at radius 2 is 1.84 bits per heavy atom. The molecule has 3 rings (SSSR count). The van der Waals surface area contributed by atoms with Crippen molar-refractivity contribution < 1.29 is 4.74 Å². The minimum atomic E-state index is 0.232. The first-order chi connectivity index (χ1) is 9.19. The lowest BCUT2D eigenvalue weighted by Gasteiger charge is -2.13. The van der Waals surface area contributed by atoms with E-state index in [0.29, 0.717) is 10.0 Å². The summed E-state index contributed by atoms with van der Waals surface area (Å²) in [4.78, 5) is 0. The van der Waals surface area contributed by atoms with Gasteiger partial charge in [0.05, 0.1) is 17.2 Å². The van der Waals surface area contributed by atoms with Gasteiger partial charge in [-0.15, -0.1) is 0 Å². The van der Waals surface area contributed by atoms with Crippen molar-refractivity contribution in [3.8, 4) is 5.75 Å². The van der Waals surface area contributed by atoms with Gasteiger partial charge in [0, 0.05) is 5.92 Å². The molecule has 0 fully saturated rings. The molecular formula is C16H12Cl2O. The summed E-state index contributed by atoms with van der Waals surface area (Å²) in [6.07, 6.45) is 4.29. The molecule has 1 aliphatic rings. The van der Waals surface area contributed by atoms with E-state index in [4.69, 9.17) is 27.9 Å². The number of methoxy groups -OCH3 is 1. The van der Waals surface area contributed by atoms with Crippen LogP contribution >= 0.6 is 23.2 Å². The molecule has 0 radical (unpaired) electrons. The second kappa shape index (κ2) is 4.92. The molecule has 0 spiro atoms. The van der Waals surface area contributed by atoms with Crippen LogP contribution in [-0.4, -0.2) is 7.11 Å². The predicted molar refractivity (Wildman–Crippen MR) is 80.3 cm³/mol. The molecule has 1 nitrogen and oxygen atoms in total. The van der Waals surface area contributed by atoms with Crippen molar-refractivity contribution in [2.45, 2.75) is 5.92 Å². The number of rotatable bonds is 2. The van der Waals surface area contributed by atoms with Gasteiger partial charge in [0.1, 0.15) is 5.75 Å². The van der Waals surface area contributed by atoms with Crippen molar-refractivity contribution in [2.24, 2.45) is 0 Å². The minimum Gasteiger partial charge on any atom is -0.497 e. The summed E-state index contributed by atoms with van der Waals surface area (Å²) in [6.45, 7) is 0. The number of halogens is 2. The molecule has 2 aromatic carbocycles. The fraction of sp³-hybridized carbons (Fsp3) is 0.125. The largest absolute Gasteiger partial charge is 0.497 e. The minimum absolute atomic E-state index is 0.232. The standard InChI is InChI=1S/C16H12Cl2O/c1-19-12-4-6-14-10(8-12)2-5-13(14)11-3-7-15(17)16(18)9-11/h2-9,13H,1H3. The van der Waals surface area contributed by atoms with Crippen molar-refractivity contribution in [3.05, 3.63) is 69.2 Å². The Kier molecular flexibility index (Phi) is 3.26. The van der Waals surface area contributed by atoms with Crippen LogP contribution in [0.2, 0.25) is 10.0 Å². The Morgan fingerprint density at radius 1 is 1.00 bits per heavy atom. The second-order valence-electron chi connectivity index (χ2n) is 4.51. The van der Waals surface area contributed by atoms with Crippen molar-refractivity contribution in [3.63, 3.8) is 0 Å². The smallest absolute Gasteiger partial charge is 0.119 e. The Morgan fingerprint density at radius 3 is 2.58 bits per heavy atom. The molecule has 0 saturated heterocycles. The van der Waals surface area contributed by atoms with Gasteiger partial charge in [0.15, 0.2) is 0 Å². The van der Waals surface area contributed by atoms with Gasteiger partial charge in [-0.2, -0.15) is 0 Å². The second-order valence-corrected chi connectivity index (χ2v) is 5.32. The Balaban J connectivity index is 2.02. The summed E-state index contributed by atoms with van der Waals surface area (Å²) in [5, 5.41) is 1.18. The van der Waals surface area contributed by atoms with Crippen LogP contribution in [0.1, 0.15) is 22.6 Å². The van der Waals surface area contributed by atoms with Gasteiger partial charge in [0.25, 0.3) is 0 Å². The lowest BCUT2D eigenvalue weighted by Crippen LogP contribution is -1.96. The maximum Gasteiger partial charge on any atom is 0.119 e. The molecule has 1 atom stereocenters. The first-order valence-corrected chi connectivity index (χ1v) is 6.76.